The number of hydrogen-bond donors (Lipinski definition) is 2. The molecule has 3 rings (SSSR count). The first-order chi connectivity index (χ1) is 10.2. The molecule has 2 heterocycles. The summed E-state index contributed by atoms with van der Waals surface area (Å²) in [6.45, 7) is 2.82. The summed E-state index contributed by atoms with van der Waals surface area (Å²) in [5.41, 5.74) is -0.0375. The number of hydrogen-bond acceptors (Lipinski definition) is 4. The molecule has 2 N–H and O–H groups in total. The molecule has 2 aliphatic rings. The molecule has 1 aromatic carbocycles. The van der Waals surface area contributed by atoms with Crippen molar-refractivity contribution in [3.63, 3.8) is 0 Å². The van der Waals surface area contributed by atoms with Crippen LogP contribution >= 0.6 is 11.8 Å². The predicted molar refractivity (Wildman–Crippen MR) is 80.5 cm³/mol. The minimum Gasteiger partial charge on any atom is -0.494 e. The Morgan fingerprint density at radius 3 is 2.95 bits per heavy atom. The Morgan fingerprint density at radius 1 is 1.38 bits per heavy atom. The molecule has 6 heteroatoms. The number of ether oxygens (including phenoxy) is 1. The molecule has 1 unspecified atom stereocenters. The van der Waals surface area contributed by atoms with Crippen molar-refractivity contribution in [2.24, 2.45) is 0 Å². The molecule has 0 saturated carbocycles. The van der Waals surface area contributed by atoms with Crippen LogP contribution in [0.1, 0.15) is 31.7 Å². The molecule has 3 amide bonds. The van der Waals surface area contributed by atoms with E-state index >= 15 is 0 Å². The molecule has 0 bridgehead atoms. The van der Waals surface area contributed by atoms with Gasteiger partial charge in [0.05, 0.1) is 6.61 Å². The molecule has 1 fully saturated rings. The average molecular weight is 306 g/mol. The van der Waals surface area contributed by atoms with Gasteiger partial charge in [0.2, 0.25) is 0 Å². The summed E-state index contributed by atoms with van der Waals surface area (Å²) in [4.78, 5) is 24.7. The molecule has 0 aliphatic carbocycles. The Hall–Kier alpha value is -1.69. The SMILES string of the molecule is CCCCOc1ccc2c(c1)SCCC21NC(=O)NC1=O. The number of nitrogens with one attached hydrogen (secondary N) is 2. The number of urea groups is 1. The lowest BCUT2D eigenvalue weighted by molar-refractivity contribution is -0.124. The number of unbranched alkanes of at least 4 members (excludes halogenated alkanes) is 1. The Bertz CT molecular complexity index is 590. The van der Waals surface area contributed by atoms with Gasteiger partial charge in [-0.3, -0.25) is 10.1 Å². The third kappa shape index (κ3) is 2.48. The number of carbonyl (C=O) groups excluding carboxylic acids is 2. The standard InChI is InChI=1S/C15H18N2O3S/c1-2-3-7-20-10-4-5-11-12(9-10)21-8-6-15(11)13(18)16-14(19)17-15/h4-5,9H,2-3,6-8H2,1H3,(H2,16,17,18,19). The number of benzene rings is 1. The van der Waals surface area contributed by atoms with Crippen LogP contribution in [0.2, 0.25) is 0 Å². The van der Waals surface area contributed by atoms with Crippen molar-refractivity contribution in [2.75, 3.05) is 12.4 Å². The van der Waals surface area contributed by atoms with Crippen LogP contribution in [-0.2, 0) is 10.3 Å². The summed E-state index contributed by atoms with van der Waals surface area (Å²) in [6.07, 6.45) is 2.72. The molecule has 112 valence electrons. The number of carbonyl (C=O) groups is 2. The Kier molecular flexibility index (Phi) is 3.80. The normalized spacial score (nSPS) is 23.7. The maximum Gasteiger partial charge on any atom is 0.322 e. The van der Waals surface area contributed by atoms with Crippen molar-refractivity contribution in [1.29, 1.82) is 0 Å². The second kappa shape index (κ2) is 5.60. The van der Waals surface area contributed by atoms with E-state index in [1.807, 2.05) is 18.2 Å². The van der Waals surface area contributed by atoms with Crippen molar-refractivity contribution in [2.45, 2.75) is 36.6 Å². The van der Waals surface area contributed by atoms with Crippen molar-refractivity contribution in [1.82, 2.24) is 10.6 Å². The molecule has 1 atom stereocenters. The second-order valence-corrected chi connectivity index (χ2v) is 6.41. The van der Waals surface area contributed by atoms with Crippen molar-refractivity contribution in [3.05, 3.63) is 23.8 Å². The van der Waals surface area contributed by atoms with E-state index in [2.05, 4.69) is 17.6 Å². The van der Waals surface area contributed by atoms with Gasteiger partial charge in [0, 0.05) is 16.2 Å². The number of amides is 3. The fraction of sp³-hybridized carbons (Fsp3) is 0.467. The van der Waals surface area contributed by atoms with Gasteiger partial charge in [0.1, 0.15) is 11.3 Å². The van der Waals surface area contributed by atoms with E-state index in [1.165, 1.54) is 0 Å². The Morgan fingerprint density at radius 2 is 2.24 bits per heavy atom. The van der Waals surface area contributed by atoms with Gasteiger partial charge in [-0.15, -0.1) is 11.8 Å². The maximum absolute atomic E-state index is 12.2. The van der Waals surface area contributed by atoms with Gasteiger partial charge in [-0.05, 0) is 25.0 Å². The molecule has 21 heavy (non-hydrogen) atoms. The van der Waals surface area contributed by atoms with E-state index in [0.717, 1.165) is 34.8 Å². The van der Waals surface area contributed by atoms with Crippen molar-refractivity contribution >= 4 is 23.7 Å². The molecule has 1 aromatic rings. The van der Waals surface area contributed by atoms with E-state index < -0.39 is 11.6 Å². The van der Waals surface area contributed by atoms with E-state index in [9.17, 15) is 9.59 Å². The highest BCUT2D eigenvalue weighted by molar-refractivity contribution is 7.99. The first-order valence-corrected chi connectivity index (χ1v) is 8.18. The van der Waals surface area contributed by atoms with Crippen LogP contribution in [0.5, 0.6) is 5.75 Å². The fourth-order valence-corrected chi connectivity index (χ4v) is 3.93. The lowest BCUT2D eigenvalue weighted by atomic mass is 9.87. The first kappa shape index (κ1) is 14.3. The van der Waals surface area contributed by atoms with Gasteiger partial charge in [-0.1, -0.05) is 19.4 Å². The van der Waals surface area contributed by atoms with Crippen LogP contribution < -0.4 is 15.4 Å². The van der Waals surface area contributed by atoms with Crippen LogP contribution in [0.4, 0.5) is 4.79 Å². The van der Waals surface area contributed by atoms with Gasteiger partial charge in [-0.25, -0.2) is 4.79 Å². The Labute approximate surface area is 127 Å². The molecule has 1 saturated heterocycles. The van der Waals surface area contributed by atoms with E-state index in [4.69, 9.17) is 4.74 Å². The fourth-order valence-electron chi connectivity index (χ4n) is 2.70. The molecule has 1 spiro atoms. The summed E-state index contributed by atoms with van der Waals surface area (Å²) >= 11 is 1.69. The highest BCUT2D eigenvalue weighted by atomic mass is 32.2. The molecule has 0 radical (unpaired) electrons. The third-order valence-corrected chi connectivity index (χ3v) is 4.91. The summed E-state index contributed by atoms with van der Waals surface area (Å²) in [6, 6.07) is 5.32. The number of rotatable bonds is 4. The monoisotopic (exact) mass is 306 g/mol. The zero-order chi connectivity index (χ0) is 14.9. The van der Waals surface area contributed by atoms with Gasteiger partial charge >= 0.3 is 6.03 Å². The smallest absolute Gasteiger partial charge is 0.322 e. The van der Waals surface area contributed by atoms with E-state index in [-0.39, 0.29) is 5.91 Å². The van der Waals surface area contributed by atoms with Crippen LogP contribution in [-0.4, -0.2) is 24.3 Å². The van der Waals surface area contributed by atoms with Gasteiger partial charge < -0.3 is 10.1 Å². The highest BCUT2D eigenvalue weighted by Gasteiger charge is 2.50. The van der Waals surface area contributed by atoms with Gasteiger partial charge in [0.15, 0.2) is 0 Å². The average Bonchev–Trinajstić information content (AvgIpc) is 2.74. The second-order valence-electron chi connectivity index (χ2n) is 5.27. The minimum atomic E-state index is -0.903. The lowest BCUT2D eigenvalue weighted by Gasteiger charge is -2.32. The van der Waals surface area contributed by atoms with Crippen molar-refractivity contribution < 1.29 is 14.3 Å². The zero-order valence-corrected chi connectivity index (χ0v) is 12.7. The van der Waals surface area contributed by atoms with Crippen LogP contribution in [0.25, 0.3) is 0 Å². The largest absolute Gasteiger partial charge is 0.494 e. The number of thioether (sulfide) groups is 1. The summed E-state index contributed by atoms with van der Waals surface area (Å²) in [7, 11) is 0. The summed E-state index contributed by atoms with van der Waals surface area (Å²) < 4.78 is 5.71. The highest BCUT2D eigenvalue weighted by Crippen LogP contribution is 2.43. The van der Waals surface area contributed by atoms with Crippen LogP contribution in [0.15, 0.2) is 23.1 Å². The van der Waals surface area contributed by atoms with Crippen LogP contribution in [0.3, 0.4) is 0 Å². The number of imide groups is 1. The zero-order valence-electron chi connectivity index (χ0n) is 11.9. The van der Waals surface area contributed by atoms with Gasteiger partial charge in [0.25, 0.3) is 5.91 Å². The maximum atomic E-state index is 12.2. The molecular formula is C15H18N2O3S. The number of fused-ring (bicyclic) bond motifs is 2. The first-order valence-electron chi connectivity index (χ1n) is 7.19. The topological polar surface area (TPSA) is 67.4 Å². The van der Waals surface area contributed by atoms with Gasteiger partial charge in [-0.2, -0.15) is 0 Å². The molecule has 0 aromatic heterocycles. The summed E-state index contributed by atoms with van der Waals surface area (Å²) in [5.74, 6) is 1.35. The predicted octanol–water partition coefficient (Wildman–Crippen LogP) is 2.40. The molecule has 5 nitrogen and oxygen atoms in total. The lowest BCUT2D eigenvalue weighted by Crippen LogP contribution is -2.46. The molecule has 2 aliphatic heterocycles. The Balaban J connectivity index is 1.89. The van der Waals surface area contributed by atoms with Crippen molar-refractivity contribution in [3.8, 4) is 5.75 Å². The molecular weight excluding hydrogens is 288 g/mol. The van der Waals surface area contributed by atoms with E-state index in [1.54, 1.807) is 11.8 Å². The quantitative estimate of drug-likeness (QED) is 0.662. The third-order valence-electron chi connectivity index (χ3n) is 3.86. The minimum absolute atomic E-state index is 0.256. The van der Waals surface area contributed by atoms with E-state index in [0.29, 0.717) is 13.0 Å². The van der Waals surface area contributed by atoms with Crippen LogP contribution in [0, 0.1) is 0 Å². The summed E-state index contributed by atoms with van der Waals surface area (Å²) in [5, 5.41) is 5.14.